The van der Waals surface area contributed by atoms with Crippen LogP contribution in [0.15, 0.2) is 18.2 Å². The van der Waals surface area contributed by atoms with Gasteiger partial charge in [-0.05, 0) is 63.6 Å². The molecule has 1 aromatic rings. The van der Waals surface area contributed by atoms with Gasteiger partial charge in [-0.3, -0.25) is 0 Å². The van der Waals surface area contributed by atoms with E-state index in [1.165, 1.54) is 48.8 Å². The van der Waals surface area contributed by atoms with Crippen LogP contribution < -0.4 is 5.32 Å². The summed E-state index contributed by atoms with van der Waals surface area (Å²) in [6, 6.07) is 7.30. The summed E-state index contributed by atoms with van der Waals surface area (Å²) in [6.07, 6.45) is 6.70. The minimum Gasteiger partial charge on any atom is -0.378 e. The average molecular weight is 275 g/mol. The van der Waals surface area contributed by atoms with Gasteiger partial charge in [0.2, 0.25) is 0 Å². The van der Waals surface area contributed by atoms with E-state index >= 15 is 0 Å². The van der Waals surface area contributed by atoms with Crippen molar-refractivity contribution in [2.45, 2.75) is 65.0 Å². The van der Waals surface area contributed by atoms with Gasteiger partial charge >= 0.3 is 0 Å². The molecule has 0 bridgehead atoms. The molecular weight excluding hydrogens is 246 g/mol. The lowest BCUT2D eigenvalue weighted by Gasteiger charge is -2.21. The number of hydrogen-bond acceptors (Lipinski definition) is 2. The molecule has 0 aliphatic carbocycles. The third kappa shape index (κ3) is 4.32. The van der Waals surface area contributed by atoms with Crippen molar-refractivity contribution in [3.05, 3.63) is 34.9 Å². The highest BCUT2D eigenvalue weighted by molar-refractivity contribution is 5.32. The Morgan fingerprint density at radius 3 is 2.85 bits per heavy atom. The highest BCUT2D eigenvalue weighted by Gasteiger charge is 2.17. The van der Waals surface area contributed by atoms with Crippen LogP contribution >= 0.6 is 0 Å². The SMILES string of the molecule is CCNC(CCCC1CCCO1)c1ccc(C)cc1C. The molecular formula is C18H29NO. The molecule has 1 aliphatic rings. The lowest BCUT2D eigenvalue weighted by atomic mass is 9.94. The number of rotatable bonds is 7. The predicted octanol–water partition coefficient (Wildman–Crippen LogP) is 4.30. The second-order valence-electron chi connectivity index (χ2n) is 6.04. The molecule has 1 fully saturated rings. The first-order valence-corrected chi connectivity index (χ1v) is 8.13. The third-order valence-corrected chi connectivity index (χ3v) is 4.29. The van der Waals surface area contributed by atoms with E-state index < -0.39 is 0 Å². The van der Waals surface area contributed by atoms with Crippen LogP contribution in [0.4, 0.5) is 0 Å². The molecule has 2 atom stereocenters. The van der Waals surface area contributed by atoms with E-state index in [4.69, 9.17) is 4.74 Å². The van der Waals surface area contributed by atoms with E-state index in [0.717, 1.165) is 13.2 Å². The van der Waals surface area contributed by atoms with Gasteiger partial charge < -0.3 is 10.1 Å². The van der Waals surface area contributed by atoms with Crippen molar-refractivity contribution in [2.24, 2.45) is 0 Å². The molecule has 0 radical (unpaired) electrons. The molecule has 0 amide bonds. The lowest BCUT2D eigenvalue weighted by molar-refractivity contribution is 0.101. The summed E-state index contributed by atoms with van der Waals surface area (Å²) in [5, 5.41) is 3.64. The minimum atomic E-state index is 0.488. The normalized spacial score (nSPS) is 20.2. The molecule has 1 N–H and O–H groups in total. The van der Waals surface area contributed by atoms with Crippen molar-refractivity contribution in [2.75, 3.05) is 13.2 Å². The first kappa shape index (κ1) is 15.5. The topological polar surface area (TPSA) is 21.3 Å². The monoisotopic (exact) mass is 275 g/mol. The molecule has 1 aliphatic heterocycles. The Kier molecular flexibility index (Phi) is 6.06. The van der Waals surface area contributed by atoms with Gasteiger partial charge in [-0.15, -0.1) is 0 Å². The van der Waals surface area contributed by atoms with Gasteiger partial charge in [-0.1, -0.05) is 30.7 Å². The Balaban J connectivity index is 1.91. The molecule has 0 saturated carbocycles. The zero-order valence-electron chi connectivity index (χ0n) is 13.2. The fraction of sp³-hybridized carbons (Fsp3) is 0.667. The molecule has 1 aromatic carbocycles. The van der Waals surface area contributed by atoms with Crippen molar-refractivity contribution >= 4 is 0 Å². The van der Waals surface area contributed by atoms with Crippen molar-refractivity contribution in [1.82, 2.24) is 5.32 Å². The maximum absolute atomic E-state index is 5.72. The number of ether oxygens (including phenoxy) is 1. The van der Waals surface area contributed by atoms with Crippen LogP contribution in [0.5, 0.6) is 0 Å². The largest absolute Gasteiger partial charge is 0.378 e. The van der Waals surface area contributed by atoms with Gasteiger partial charge in [-0.2, -0.15) is 0 Å². The number of aryl methyl sites for hydroxylation is 2. The Bertz CT molecular complexity index is 410. The van der Waals surface area contributed by atoms with E-state index in [0.29, 0.717) is 12.1 Å². The molecule has 1 saturated heterocycles. The number of benzene rings is 1. The fourth-order valence-electron chi connectivity index (χ4n) is 3.25. The Hall–Kier alpha value is -0.860. The first-order valence-electron chi connectivity index (χ1n) is 8.13. The summed E-state index contributed by atoms with van der Waals surface area (Å²) < 4.78 is 5.72. The Morgan fingerprint density at radius 2 is 2.20 bits per heavy atom. The van der Waals surface area contributed by atoms with Crippen molar-refractivity contribution in [3.8, 4) is 0 Å². The molecule has 2 nitrogen and oxygen atoms in total. The second kappa shape index (κ2) is 7.80. The maximum atomic E-state index is 5.72. The summed E-state index contributed by atoms with van der Waals surface area (Å²) >= 11 is 0. The highest BCUT2D eigenvalue weighted by Crippen LogP contribution is 2.25. The van der Waals surface area contributed by atoms with Gasteiger partial charge in [-0.25, -0.2) is 0 Å². The van der Waals surface area contributed by atoms with Crippen LogP contribution in [0, 0.1) is 13.8 Å². The van der Waals surface area contributed by atoms with Crippen LogP contribution in [0.2, 0.25) is 0 Å². The molecule has 0 spiro atoms. The van der Waals surface area contributed by atoms with Crippen molar-refractivity contribution in [1.29, 1.82) is 0 Å². The first-order chi connectivity index (χ1) is 9.70. The number of nitrogens with one attached hydrogen (secondary N) is 1. The summed E-state index contributed by atoms with van der Waals surface area (Å²) in [5.41, 5.74) is 4.22. The van der Waals surface area contributed by atoms with Crippen LogP contribution in [0.3, 0.4) is 0 Å². The number of hydrogen-bond donors (Lipinski definition) is 1. The summed E-state index contributed by atoms with van der Waals surface area (Å²) in [4.78, 5) is 0. The van der Waals surface area contributed by atoms with Gasteiger partial charge in [0.15, 0.2) is 0 Å². The minimum absolute atomic E-state index is 0.488. The van der Waals surface area contributed by atoms with E-state index in [-0.39, 0.29) is 0 Å². The van der Waals surface area contributed by atoms with Gasteiger partial charge in [0.05, 0.1) is 6.10 Å². The van der Waals surface area contributed by atoms with E-state index in [1.54, 1.807) is 0 Å². The Morgan fingerprint density at radius 1 is 1.35 bits per heavy atom. The zero-order chi connectivity index (χ0) is 14.4. The van der Waals surface area contributed by atoms with E-state index in [2.05, 4.69) is 44.3 Å². The third-order valence-electron chi connectivity index (χ3n) is 4.29. The summed E-state index contributed by atoms with van der Waals surface area (Å²) in [6.45, 7) is 8.58. The zero-order valence-corrected chi connectivity index (χ0v) is 13.2. The van der Waals surface area contributed by atoms with E-state index in [9.17, 15) is 0 Å². The van der Waals surface area contributed by atoms with Crippen molar-refractivity contribution in [3.63, 3.8) is 0 Å². The highest BCUT2D eigenvalue weighted by atomic mass is 16.5. The fourth-order valence-corrected chi connectivity index (χ4v) is 3.25. The standard InChI is InChI=1S/C18H29NO/c1-4-19-18(9-5-7-16-8-6-12-20-16)17-11-10-14(2)13-15(17)3/h10-11,13,16,18-19H,4-9,12H2,1-3H3. The van der Waals surface area contributed by atoms with Crippen LogP contribution in [0.25, 0.3) is 0 Å². The second-order valence-corrected chi connectivity index (χ2v) is 6.04. The van der Waals surface area contributed by atoms with Crippen molar-refractivity contribution < 1.29 is 4.74 Å². The molecule has 2 rings (SSSR count). The molecule has 2 heteroatoms. The molecule has 0 aromatic heterocycles. The van der Waals surface area contributed by atoms with Crippen LogP contribution in [-0.4, -0.2) is 19.3 Å². The van der Waals surface area contributed by atoms with E-state index in [1.807, 2.05) is 0 Å². The van der Waals surface area contributed by atoms with Crippen LogP contribution in [0.1, 0.15) is 61.8 Å². The quantitative estimate of drug-likeness (QED) is 0.801. The predicted molar refractivity (Wildman–Crippen MR) is 85.2 cm³/mol. The van der Waals surface area contributed by atoms with Gasteiger partial charge in [0.1, 0.15) is 0 Å². The van der Waals surface area contributed by atoms with Gasteiger partial charge in [0.25, 0.3) is 0 Å². The summed E-state index contributed by atoms with van der Waals surface area (Å²) in [5.74, 6) is 0. The molecule has 112 valence electrons. The molecule has 1 heterocycles. The van der Waals surface area contributed by atoms with Gasteiger partial charge in [0, 0.05) is 12.6 Å². The molecule has 20 heavy (non-hydrogen) atoms. The Labute approximate surface area is 123 Å². The maximum Gasteiger partial charge on any atom is 0.0576 e. The average Bonchev–Trinajstić information content (AvgIpc) is 2.91. The molecule has 2 unspecified atom stereocenters. The lowest BCUT2D eigenvalue weighted by Crippen LogP contribution is -2.22. The van der Waals surface area contributed by atoms with Crippen LogP contribution in [-0.2, 0) is 4.74 Å². The smallest absolute Gasteiger partial charge is 0.0576 e. The summed E-state index contributed by atoms with van der Waals surface area (Å²) in [7, 11) is 0.